The highest BCUT2D eigenvalue weighted by Gasteiger charge is 2.16. The number of hydrogen-bond acceptors (Lipinski definition) is 3. The van der Waals surface area contributed by atoms with Crippen LogP contribution in [0.25, 0.3) is 0 Å². The minimum Gasteiger partial charge on any atom is -0.316 e. The Morgan fingerprint density at radius 3 is 2.29 bits per heavy atom. The van der Waals surface area contributed by atoms with Crippen molar-refractivity contribution in [1.29, 1.82) is 0 Å². The van der Waals surface area contributed by atoms with Crippen LogP contribution in [0.4, 0.5) is 0 Å². The highest BCUT2D eigenvalue weighted by atomic mass is 79.9. The zero-order valence-electron chi connectivity index (χ0n) is 13.1. The lowest BCUT2D eigenvalue weighted by Gasteiger charge is -2.19. The van der Waals surface area contributed by atoms with E-state index in [1.165, 1.54) is 5.56 Å². The van der Waals surface area contributed by atoms with Crippen LogP contribution in [-0.2, 0) is 9.84 Å². The fraction of sp³-hybridized carbons (Fsp3) is 0.625. The molecule has 0 saturated carbocycles. The van der Waals surface area contributed by atoms with Gasteiger partial charge in [0.25, 0.3) is 0 Å². The second-order valence-electron chi connectivity index (χ2n) is 5.83. The highest BCUT2D eigenvalue weighted by Crippen LogP contribution is 2.22. The van der Waals surface area contributed by atoms with Gasteiger partial charge in [0, 0.05) is 16.8 Å². The molecule has 120 valence electrons. The molecule has 1 N–H and O–H groups in total. The molecule has 0 fully saturated rings. The molecule has 0 aliphatic carbocycles. The van der Waals surface area contributed by atoms with Crippen LogP contribution in [-0.4, -0.2) is 33.0 Å². The lowest BCUT2D eigenvalue weighted by Crippen LogP contribution is -2.27. The van der Waals surface area contributed by atoms with Gasteiger partial charge in [-0.2, -0.15) is 0 Å². The van der Waals surface area contributed by atoms with Gasteiger partial charge >= 0.3 is 0 Å². The number of sulfone groups is 1. The number of rotatable bonds is 9. The molecular formula is C16H26BrNO2S. The molecule has 0 aliphatic rings. The first-order chi connectivity index (χ1) is 9.84. The van der Waals surface area contributed by atoms with Gasteiger partial charge in [-0.25, -0.2) is 8.42 Å². The fourth-order valence-electron chi connectivity index (χ4n) is 2.13. The second kappa shape index (κ2) is 8.91. The lowest BCUT2D eigenvalue weighted by molar-refractivity contribution is 0.507. The molecule has 0 bridgehead atoms. The van der Waals surface area contributed by atoms with E-state index in [0.29, 0.717) is 12.3 Å². The molecule has 0 spiro atoms. The van der Waals surface area contributed by atoms with Gasteiger partial charge in [0.15, 0.2) is 0 Å². The van der Waals surface area contributed by atoms with E-state index < -0.39 is 9.84 Å². The summed E-state index contributed by atoms with van der Waals surface area (Å²) in [6.07, 6.45) is 0.670. The molecule has 1 unspecified atom stereocenters. The summed E-state index contributed by atoms with van der Waals surface area (Å²) in [6, 6.07) is 8.17. The van der Waals surface area contributed by atoms with Gasteiger partial charge in [0.05, 0.1) is 5.75 Å². The molecule has 1 aromatic carbocycles. The van der Waals surface area contributed by atoms with E-state index in [1.807, 2.05) is 12.1 Å². The van der Waals surface area contributed by atoms with Crippen molar-refractivity contribution in [3.8, 4) is 0 Å². The van der Waals surface area contributed by atoms with E-state index in [-0.39, 0.29) is 17.4 Å². The average molecular weight is 376 g/mol. The van der Waals surface area contributed by atoms with Crippen molar-refractivity contribution in [3.05, 3.63) is 34.3 Å². The van der Waals surface area contributed by atoms with Gasteiger partial charge in [0.2, 0.25) is 0 Å². The Hall–Kier alpha value is -0.390. The van der Waals surface area contributed by atoms with Crippen LogP contribution in [0.1, 0.15) is 38.7 Å². The van der Waals surface area contributed by atoms with Crippen molar-refractivity contribution in [2.45, 2.75) is 33.1 Å². The first-order valence-corrected chi connectivity index (χ1v) is 10.1. The van der Waals surface area contributed by atoms with Crippen LogP contribution in [0.15, 0.2) is 28.7 Å². The van der Waals surface area contributed by atoms with Crippen LogP contribution in [0.2, 0.25) is 0 Å². The van der Waals surface area contributed by atoms with Crippen LogP contribution < -0.4 is 5.32 Å². The number of hydrogen-bond donors (Lipinski definition) is 1. The predicted molar refractivity (Wildman–Crippen MR) is 93.5 cm³/mol. The van der Waals surface area contributed by atoms with E-state index in [4.69, 9.17) is 0 Å². The van der Waals surface area contributed by atoms with E-state index in [0.717, 1.165) is 17.6 Å². The van der Waals surface area contributed by atoms with Gasteiger partial charge in [0.1, 0.15) is 9.84 Å². The summed E-state index contributed by atoms with van der Waals surface area (Å²) in [4.78, 5) is 0. The topological polar surface area (TPSA) is 46.2 Å². The first kappa shape index (κ1) is 18.7. The van der Waals surface area contributed by atoms with Gasteiger partial charge < -0.3 is 5.32 Å². The highest BCUT2D eigenvalue weighted by molar-refractivity contribution is 9.10. The predicted octanol–water partition coefficient (Wildman–Crippen LogP) is 3.60. The maximum absolute atomic E-state index is 11.7. The minimum atomic E-state index is -2.91. The smallest absolute Gasteiger partial charge is 0.150 e. The van der Waals surface area contributed by atoms with Crippen molar-refractivity contribution in [2.24, 2.45) is 5.92 Å². The molecular weight excluding hydrogens is 350 g/mol. The summed E-state index contributed by atoms with van der Waals surface area (Å²) in [5, 5.41) is 3.45. The van der Waals surface area contributed by atoms with E-state index in [1.54, 1.807) is 6.92 Å². The molecule has 0 saturated heterocycles. The molecule has 0 aliphatic heterocycles. The fourth-order valence-corrected chi connectivity index (χ4v) is 3.33. The van der Waals surface area contributed by atoms with Crippen molar-refractivity contribution in [2.75, 3.05) is 24.6 Å². The number of benzene rings is 1. The quantitative estimate of drug-likeness (QED) is 0.716. The summed E-state index contributed by atoms with van der Waals surface area (Å²) in [5.41, 5.74) is 1.20. The molecule has 3 nitrogen and oxygen atoms in total. The van der Waals surface area contributed by atoms with Crippen LogP contribution >= 0.6 is 15.9 Å². The summed E-state index contributed by atoms with van der Waals surface area (Å²) >= 11 is 3.44. The van der Waals surface area contributed by atoms with Gasteiger partial charge in [-0.05, 0) is 42.5 Å². The first-order valence-electron chi connectivity index (χ1n) is 7.50. The Labute approximate surface area is 137 Å². The summed E-state index contributed by atoms with van der Waals surface area (Å²) in [6.45, 7) is 7.82. The van der Waals surface area contributed by atoms with Gasteiger partial charge in [-0.1, -0.05) is 48.8 Å². The third-order valence-corrected chi connectivity index (χ3v) is 5.77. The lowest BCUT2D eigenvalue weighted by atomic mass is 9.96. The molecule has 0 aromatic heterocycles. The van der Waals surface area contributed by atoms with Gasteiger partial charge in [-0.3, -0.25) is 0 Å². The molecule has 0 heterocycles. The molecule has 1 aromatic rings. The Kier molecular flexibility index (Phi) is 7.92. The Morgan fingerprint density at radius 1 is 1.14 bits per heavy atom. The van der Waals surface area contributed by atoms with Crippen molar-refractivity contribution >= 4 is 25.8 Å². The SMILES string of the molecule is CCS(=O)(=O)CCC(CNCC(C)C)c1ccc(Br)cc1. The maximum atomic E-state index is 11.7. The summed E-state index contributed by atoms with van der Waals surface area (Å²) in [5.74, 6) is 1.31. The van der Waals surface area contributed by atoms with E-state index >= 15 is 0 Å². The normalized spacial score (nSPS) is 13.6. The van der Waals surface area contributed by atoms with Crippen LogP contribution in [0.5, 0.6) is 0 Å². The third-order valence-electron chi connectivity index (χ3n) is 3.50. The standard InChI is InChI=1S/C16H26BrNO2S/c1-4-21(19,20)10-9-15(12-18-11-13(2)3)14-5-7-16(17)8-6-14/h5-8,13,15,18H,4,9-12H2,1-3H3. The summed E-state index contributed by atoms with van der Waals surface area (Å²) in [7, 11) is -2.91. The molecule has 1 rings (SSSR count). The zero-order chi connectivity index (χ0) is 15.9. The van der Waals surface area contributed by atoms with Crippen LogP contribution in [0.3, 0.4) is 0 Å². The summed E-state index contributed by atoms with van der Waals surface area (Å²) < 4.78 is 24.5. The molecule has 5 heteroatoms. The molecule has 0 amide bonds. The number of halogens is 1. The maximum Gasteiger partial charge on any atom is 0.150 e. The van der Waals surface area contributed by atoms with E-state index in [9.17, 15) is 8.42 Å². The molecule has 1 atom stereocenters. The average Bonchev–Trinajstić information content (AvgIpc) is 2.43. The number of nitrogens with one attached hydrogen (secondary N) is 1. The third kappa shape index (κ3) is 7.43. The zero-order valence-corrected chi connectivity index (χ0v) is 15.5. The van der Waals surface area contributed by atoms with Gasteiger partial charge in [-0.15, -0.1) is 0 Å². The van der Waals surface area contributed by atoms with Crippen molar-refractivity contribution in [3.63, 3.8) is 0 Å². The Morgan fingerprint density at radius 2 is 1.76 bits per heavy atom. The van der Waals surface area contributed by atoms with Crippen LogP contribution in [0, 0.1) is 5.92 Å². The molecule has 0 radical (unpaired) electrons. The van der Waals surface area contributed by atoms with Crippen molar-refractivity contribution < 1.29 is 8.42 Å². The van der Waals surface area contributed by atoms with Crippen molar-refractivity contribution in [1.82, 2.24) is 5.32 Å². The minimum absolute atomic E-state index is 0.222. The molecule has 21 heavy (non-hydrogen) atoms. The largest absolute Gasteiger partial charge is 0.316 e. The second-order valence-corrected chi connectivity index (χ2v) is 9.21. The van der Waals surface area contributed by atoms with E-state index in [2.05, 4.69) is 47.2 Å². The Balaban J connectivity index is 2.72. The monoisotopic (exact) mass is 375 g/mol. The Bertz CT molecular complexity index is 512.